The Morgan fingerprint density at radius 2 is 1.50 bits per heavy atom. The van der Waals surface area contributed by atoms with Gasteiger partial charge in [-0.15, -0.1) is 0 Å². The van der Waals surface area contributed by atoms with Crippen molar-refractivity contribution in [1.82, 2.24) is 0 Å². The van der Waals surface area contributed by atoms with Crippen molar-refractivity contribution in [2.45, 2.75) is 72.3 Å². The normalized spacial score (nSPS) is 13.6. The molecule has 0 spiro atoms. The number of rotatable bonds is 3. The molecule has 0 atom stereocenters. The van der Waals surface area contributed by atoms with Crippen LogP contribution in [0.15, 0.2) is 12.1 Å². The SMILES string of the molecule is CCC(C)(C)[SiH2]c1cc(C)c(C(C)(C)C)cc1C. The van der Waals surface area contributed by atoms with Crippen LogP contribution < -0.4 is 5.19 Å². The maximum absolute atomic E-state index is 2.47. The summed E-state index contributed by atoms with van der Waals surface area (Å²) in [5.74, 6) is 0. The lowest BCUT2D eigenvalue weighted by molar-refractivity contribution is 0.586. The van der Waals surface area contributed by atoms with Gasteiger partial charge in [0.25, 0.3) is 0 Å². The van der Waals surface area contributed by atoms with E-state index in [1.165, 1.54) is 23.1 Å². The largest absolute Gasteiger partial charge is 0.0652 e. The van der Waals surface area contributed by atoms with Crippen LogP contribution in [0, 0.1) is 13.8 Å². The first-order chi connectivity index (χ1) is 8.07. The number of benzene rings is 1. The van der Waals surface area contributed by atoms with Crippen LogP contribution in [0.4, 0.5) is 0 Å². The Labute approximate surface area is 116 Å². The summed E-state index contributed by atoms with van der Waals surface area (Å²) in [4.78, 5) is 0. The van der Waals surface area contributed by atoms with Crippen molar-refractivity contribution in [1.29, 1.82) is 0 Å². The van der Waals surface area contributed by atoms with Gasteiger partial charge in [-0.25, -0.2) is 0 Å². The first-order valence-electron chi connectivity index (χ1n) is 7.17. The summed E-state index contributed by atoms with van der Waals surface area (Å²) in [6, 6.07) is 4.91. The van der Waals surface area contributed by atoms with Crippen LogP contribution >= 0.6 is 0 Å². The Bertz CT molecular complexity index is 422. The topological polar surface area (TPSA) is 0 Å². The van der Waals surface area contributed by atoms with Gasteiger partial charge in [-0.2, -0.15) is 0 Å². The van der Waals surface area contributed by atoms with Gasteiger partial charge in [-0.3, -0.25) is 0 Å². The minimum Gasteiger partial charge on any atom is -0.0652 e. The first-order valence-corrected chi connectivity index (χ1v) is 8.59. The van der Waals surface area contributed by atoms with Gasteiger partial charge in [0.2, 0.25) is 0 Å². The van der Waals surface area contributed by atoms with Crippen LogP contribution in [0.3, 0.4) is 0 Å². The number of aryl methyl sites for hydroxylation is 2. The zero-order valence-corrected chi connectivity index (χ0v) is 15.0. The third-order valence-corrected chi connectivity index (χ3v) is 6.72. The minimum atomic E-state index is -0.194. The first kappa shape index (κ1) is 15.5. The van der Waals surface area contributed by atoms with Crippen molar-refractivity contribution in [3.63, 3.8) is 0 Å². The molecule has 0 radical (unpaired) electrons. The monoisotopic (exact) mass is 262 g/mol. The van der Waals surface area contributed by atoms with E-state index in [1.807, 2.05) is 0 Å². The summed E-state index contributed by atoms with van der Waals surface area (Å²) in [5.41, 5.74) is 4.75. The third kappa shape index (κ3) is 3.71. The van der Waals surface area contributed by atoms with E-state index in [2.05, 4.69) is 67.5 Å². The molecule has 0 bridgehead atoms. The summed E-state index contributed by atoms with van der Waals surface area (Å²) >= 11 is 0. The summed E-state index contributed by atoms with van der Waals surface area (Å²) in [6.45, 7) is 18.7. The molecule has 0 heterocycles. The van der Waals surface area contributed by atoms with Crippen molar-refractivity contribution in [2.24, 2.45) is 0 Å². The van der Waals surface area contributed by atoms with Crippen LogP contribution in [0.5, 0.6) is 0 Å². The molecule has 18 heavy (non-hydrogen) atoms. The Balaban J connectivity index is 3.16. The van der Waals surface area contributed by atoms with Crippen LogP contribution in [-0.4, -0.2) is 9.52 Å². The lowest BCUT2D eigenvalue weighted by Crippen LogP contribution is -2.29. The highest BCUT2D eigenvalue weighted by Crippen LogP contribution is 2.29. The molecule has 1 aromatic rings. The van der Waals surface area contributed by atoms with E-state index < -0.39 is 0 Å². The minimum absolute atomic E-state index is 0.194. The summed E-state index contributed by atoms with van der Waals surface area (Å²) < 4.78 is 0. The van der Waals surface area contributed by atoms with E-state index in [-0.39, 0.29) is 14.9 Å². The van der Waals surface area contributed by atoms with Crippen molar-refractivity contribution in [3.8, 4) is 0 Å². The molecule has 0 aliphatic heterocycles. The molecule has 0 nitrogen and oxygen atoms in total. The van der Waals surface area contributed by atoms with Gasteiger partial charge in [0.15, 0.2) is 0 Å². The Morgan fingerprint density at radius 1 is 0.944 bits per heavy atom. The molecular weight excluding hydrogens is 232 g/mol. The maximum Gasteiger partial charge on any atom is 0.0607 e. The highest BCUT2D eigenvalue weighted by molar-refractivity contribution is 6.57. The van der Waals surface area contributed by atoms with E-state index in [1.54, 1.807) is 5.19 Å². The molecule has 1 rings (SSSR count). The van der Waals surface area contributed by atoms with Gasteiger partial charge in [-0.05, 0) is 35.4 Å². The van der Waals surface area contributed by atoms with Crippen molar-refractivity contribution >= 4 is 14.7 Å². The van der Waals surface area contributed by atoms with Gasteiger partial charge >= 0.3 is 0 Å². The van der Waals surface area contributed by atoms with Crippen molar-refractivity contribution in [2.75, 3.05) is 0 Å². The fraction of sp³-hybridized carbons (Fsp3) is 0.647. The predicted octanol–water partition coefficient (Wildman–Crippen LogP) is 4.00. The molecule has 1 aromatic carbocycles. The van der Waals surface area contributed by atoms with Crippen LogP contribution in [0.25, 0.3) is 0 Å². The van der Waals surface area contributed by atoms with E-state index in [9.17, 15) is 0 Å². The molecule has 1 heteroatoms. The number of hydrogen-bond donors (Lipinski definition) is 0. The zero-order chi connectivity index (χ0) is 14.1. The Morgan fingerprint density at radius 3 is 1.94 bits per heavy atom. The molecule has 102 valence electrons. The lowest BCUT2D eigenvalue weighted by Gasteiger charge is -2.27. The van der Waals surface area contributed by atoms with Gasteiger partial charge in [0.1, 0.15) is 0 Å². The molecule has 0 fully saturated rings. The van der Waals surface area contributed by atoms with Gasteiger partial charge in [-0.1, -0.05) is 70.8 Å². The predicted molar refractivity (Wildman–Crippen MR) is 87.1 cm³/mol. The molecule has 0 saturated carbocycles. The van der Waals surface area contributed by atoms with E-state index in [4.69, 9.17) is 0 Å². The fourth-order valence-electron chi connectivity index (χ4n) is 2.52. The van der Waals surface area contributed by atoms with Gasteiger partial charge < -0.3 is 0 Å². The highest BCUT2D eigenvalue weighted by Gasteiger charge is 2.21. The zero-order valence-electron chi connectivity index (χ0n) is 13.6. The average molecular weight is 263 g/mol. The lowest BCUT2D eigenvalue weighted by atomic mass is 9.83. The highest BCUT2D eigenvalue weighted by atomic mass is 28.2. The molecule has 0 saturated heterocycles. The Kier molecular flexibility index (Phi) is 4.48. The van der Waals surface area contributed by atoms with Crippen molar-refractivity contribution in [3.05, 3.63) is 28.8 Å². The second kappa shape index (κ2) is 5.20. The smallest absolute Gasteiger partial charge is 0.0607 e. The quantitative estimate of drug-likeness (QED) is 0.722. The van der Waals surface area contributed by atoms with E-state index in [0.29, 0.717) is 5.04 Å². The number of hydrogen-bond acceptors (Lipinski definition) is 0. The van der Waals surface area contributed by atoms with Crippen LogP contribution in [0.1, 0.15) is 64.7 Å². The molecule has 0 aromatic heterocycles. The van der Waals surface area contributed by atoms with Crippen molar-refractivity contribution < 1.29 is 0 Å². The average Bonchev–Trinajstić information content (AvgIpc) is 2.21. The molecular formula is C17H30Si. The van der Waals surface area contributed by atoms with Gasteiger partial charge in [0, 0.05) is 0 Å². The third-order valence-electron chi connectivity index (χ3n) is 4.12. The summed E-state index contributed by atoms with van der Waals surface area (Å²) in [6.07, 6.45) is 1.29. The molecule has 0 N–H and O–H groups in total. The maximum atomic E-state index is 2.47. The fourth-order valence-corrected chi connectivity index (χ4v) is 4.59. The Hall–Kier alpha value is -0.563. The van der Waals surface area contributed by atoms with E-state index >= 15 is 0 Å². The van der Waals surface area contributed by atoms with Crippen LogP contribution in [-0.2, 0) is 5.41 Å². The molecule has 0 aliphatic rings. The summed E-state index contributed by atoms with van der Waals surface area (Å²) in [7, 11) is -0.194. The molecule has 0 aliphatic carbocycles. The van der Waals surface area contributed by atoms with E-state index in [0.717, 1.165) is 0 Å². The van der Waals surface area contributed by atoms with Gasteiger partial charge in [0.05, 0.1) is 9.52 Å². The second-order valence-corrected chi connectivity index (χ2v) is 10.6. The summed E-state index contributed by atoms with van der Waals surface area (Å²) in [5, 5.41) is 2.20. The second-order valence-electron chi connectivity index (χ2n) is 7.54. The molecule has 0 amide bonds. The standard InChI is InChI=1S/C17H30Si/c1-9-17(7,8)18-15-11-12(2)14(10-13(15)3)16(4,5)6/h10-11H,9,18H2,1-8H3. The van der Waals surface area contributed by atoms with Crippen LogP contribution in [0.2, 0.25) is 5.04 Å². The molecule has 0 unspecified atom stereocenters.